The van der Waals surface area contributed by atoms with E-state index < -0.39 is 24.0 Å². The third kappa shape index (κ3) is 6.12. The summed E-state index contributed by atoms with van der Waals surface area (Å²) in [6.07, 6.45) is 7.67. The highest BCUT2D eigenvalue weighted by atomic mass is 35.5. The zero-order valence-electron chi connectivity index (χ0n) is 22.7. The third-order valence-electron chi connectivity index (χ3n) is 8.06. The predicted molar refractivity (Wildman–Crippen MR) is 155 cm³/mol. The Morgan fingerprint density at radius 1 is 1.28 bits per heavy atom. The molecule has 3 aliphatic rings. The Bertz CT molecular complexity index is 1190. The summed E-state index contributed by atoms with van der Waals surface area (Å²) in [5, 5.41) is 20.2. The van der Waals surface area contributed by atoms with Gasteiger partial charge in [-0.1, -0.05) is 68.8 Å². The van der Waals surface area contributed by atoms with Gasteiger partial charge in [-0.2, -0.15) is 0 Å². The van der Waals surface area contributed by atoms with Crippen LogP contribution in [0.3, 0.4) is 0 Å². The maximum atomic E-state index is 14.1. The smallest absolute Gasteiger partial charge is 0.238 e. The van der Waals surface area contributed by atoms with E-state index in [4.69, 9.17) is 23.2 Å². The van der Waals surface area contributed by atoms with Gasteiger partial charge in [0.15, 0.2) is 0 Å². The van der Waals surface area contributed by atoms with E-state index in [1.54, 1.807) is 24.3 Å². The highest BCUT2D eigenvalue weighted by Crippen LogP contribution is 2.55. The number of alkyl halides is 1. The Labute approximate surface area is 240 Å². The summed E-state index contributed by atoms with van der Waals surface area (Å²) in [6.45, 7) is 9.83. The standard InChI is InChI=1S/C30H38Cl2FN3O3/c1-17(6-5-7-19(32)16-33)25-26(27(38)34-20-9-11-21(37)12-10-20)36-24(15-29(2,3)4)30(25)22-13-8-18(31)14-23(22)35-28(30)39/h5-8,13-14,20-21,24-26,36-37H,1,9-12,15-16H2,2-4H3,(H,34,38)(H,35,39)/b6-5-,19-7+/t20-,21-,24-,25-,26+,30+/m0/s1. The van der Waals surface area contributed by atoms with E-state index in [9.17, 15) is 19.1 Å². The van der Waals surface area contributed by atoms with Crippen LogP contribution in [0, 0.1) is 11.3 Å². The van der Waals surface area contributed by atoms with Gasteiger partial charge >= 0.3 is 0 Å². The van der Waals surface area contributed by atoms with Crippen LogP contribution in [0.2, 0.25) is 5.02 Å². The molecule has 4 rings (SSSR count). The van der Waals surface area contributed by atoms with Crippen molar-refractivity contribution in [1.82, 2.24) is 10.6 Å². The van der Waals surface area contributed by atoms with Gasteiger partial charge in [0, 0.05) is 33.7 Å². The minimum Gasteiger partial charge on any atom is -0.393 e. The summed E-state index contributed by atoms with van der Waals surface area (Å²) < 4.78 is 12.9. The first-order chi connectivity index (χ1) is 18.4. The second-order valence-electron chi connectivity index (χ2n) is 12.1. The molecule has 1 saturated heterocycles. The van der Waals surface area contributed by atoms with Gasteiger partial charge < -0.3 is 21.1 Å². The molecule has 2 amide bonds. The van der Waals surface area contributed by atoms with Crippen molar-refractivity contribution < 1.29 is 19.1 Å². The van der Waals surface area contributed by atoms with E-state index in [1.807, 2.05) is 6.07 Å². The zero-order valence-corrected chi connectivity index (χ0v) is 24.2. The molecule has 0 radical (unpaired) electrons. The van der Waals surface area contributed by atoms with Gasteiger partial charge in [0.25, 0.3) is 0 Å². The summed E-state index contributed by atoms with van der Waals surface area (Å²) in [6, 6.07) is 4.16. The van der Waals surface area contributed by atoms with E-state index in [2.05, 4.69) is 43.3 Å². The van der Waals surface area contributed by atoms with Crippen molar-refractivity contribution in [2.24, 2.45) is 11.3 Å². The molecule has 9 heteroatoms. The quantitative estimate of drug-likeness (QED) is 0.320. The molecule has 4 N–H and O–H groups in total. The number of benzene rings is 1. The number of allylic oxidation sites excluding steroid dienone is 4. The molecule has 1 aliphatic carbocycles. The molecule has 1 aromatic carbocycles. The number of fused-ring (bicyclic) bond motifs is 2. The SMILES string of the molecule is C=C(/C=C\C=C(\Cl)CF)[C@H]1[C@H](C(=O)N[C@H]2CC[C@H](O)CC2)N[C@@H](CC(C)(C)C)[C@@]12C(=O)Nc1cc(Cl)ccc12. The number of hydrogen-bond acceptors (Lipinski definition) is 4. The second-order valence-corrected chi connectivity index (χ2v) is 13.1. The van der Waals surface area contributed by atoms with E-state index in [1.165, 1.54) is 6.08 Å². The summed E-state index contributed by atoms with van der Waals surface area (Å²) in [5.41, 5.74) is 0.650. The molecule has 2 aliphatic heterocycles. The molecule has 212 valence electrons. The molecule has 0 aromatic heterocycles. The summed E-state index contributed by atoms with van der Waals surface area (Å²) in [5.74, 6) is -1.07. The summed E-state index contributed by atoms with van der Waals surface area (Å²) in [7, 11) is 0. The third-order valence-corrected chi connectivity index (χ3v) is 8.52. The number of amides is 2. The lowest BCUT2D eigenvalue weighted by Crippen LogP contribution is -2.51. The first-order valence-electron chi connectivity index (χ1n) is 13.5. The average molecular weight is 579 g/mol. The first-order valence-corrected chi connectivity index (χ1v) is 14.3. The van der Waals surface area contributed by atoms with Crippen molar-refractivity contribution in [2.75, 3.05) is 12.0 Å². The lowest BCUT2D eigenvalue weighted by molar-refractivity contribution is -0.125. The highest BCUT2D eigenvalue weighted by Gasteiger charge is 2.65. The number of aliphatic hydroxyl groups excluding tert-OH is 1. The number of halogens is 3. The van der Waals surface area contributed by atoms with Gasteiger partial charge in [-0.3, -0.25) is 9.59 Å². The molecule has 1 aromatic rings. The molecule has 1 spiro atoms. The summed E-state index contributed by atoms with van der Waals surface area (Å²) in [4.78, 5) is 28.0. The molecule has 0 unspecified atom stereocenters. The van der Waals surface area contributed by atoms with E-state index in [0.29, 0.717) is 48.4 Å². The topological polar surface area (TPSA) is 90.5 Å². The van der Waals surface area contributed by atoms with Crippen molar-refractivity contribution in [3.05, 3.63) is 64.2 Å². The molecule has 4 atom stereocenters. The Balaban J connectivity index is 1.81. The fourth-order valence-corrected chi connectivity index (χ4v) is 6.65. The molecular weight excluding hydrogens is 540 g/mol. The van der Waals surface area contributed by atoms with Gasteiger partial charge in [0.1, 0.15) is 12.1 Å². The maximum absolute atomic E-state index is 14.1. The van der Waals surface area contributed by atoms with Crippen molar-refractivity contribution in [1.29, 1.82) is 0 Å². The minimum absolute atomic E-state index is 0.0382. The van der Waals surface area contributed by atoms with Crippen LogP contribution in [0.1, 0.15) is 58.4 Å². The number of carbonyl (C=O) groups excluding carboxylic acids is 2. The number of anilines is 1. The lowest BCUT2D eigenvalue weighted by atomic mass is 9.62. The maximum Gasteiger partial charge on any atom is 0.238 e. The molecule has 1 saturated carbocycles. The number of nitrogens with one attached hydrogen (secondary N) is 3. The van der Waals surface area contributed by atoms with Crippen LogP contribution in [-0.4, -0.2) is 47.8 Å². The second kappa shape index (κ2) is 11.7. The van der Waals surface area contributed by atoms with Crippen LogP contribution in [-0.2, 0) is 15.0 Å². The lowest BCUT2D eigenvalue weighted by Gasteiger charge is -2.38. The Morgan fingerprint density at radius 3 is 2.62 bits per heavy atom. The molecule has 2 heterocycles. The predicted octanol–water partition coefficient (Wildman–Crippen LogP) is 5.55. The van der Waals surface area contributed by atoms with E-state index >= 15 is 0 Å². The van der Waals surface area contributed by atoms with Crippen LogP contribution in [0.5, 0.6) is 0 Å². The average Bonchev–Trinajstić information content (AvgIpc) is 3.34. The number of carbonyl (C=O) groups is 2. The van der Waals surface area contributed by atoms with Gasteiger partial charge in [-0.25, -0.2) is 4.39 Å². The number of hydrogen-bond donors (Lipinski definition) is 4. The van der Waals surface area contributed by atoms with Crippen molar-refractivity contribution in [3.8, 4) is 0 Å². The van der Waals surface area contributed by atoms with Crippen molar-refractivity contribution in [3.63, 3.8) is 0 Å². The Morgan fingerprint density at radius 2 is 1.97 bits per heavy atom. The molecule has 0 bridgehead atoms. The number of aliphatic hydroxyl groups is 1. The molecule has 2 fully saturated rings. The van der Waals surface area contributed by atoms with Crippen LogP contribution < -0.4 is 16.0 Å². The van der Waals surface area contributed by atoms with E-state index in [0.717, 1.165) is 5.56 Å². The van der Waals surface area contributed by atoms with Crippen molar-refractivity contribution in [2.45, 2.75) is 82.5 Å². The Kier molecular flexibility index (Phi) is 8.96. The van der Waals surface area contributed by atoms with E-state index in [-0.39, 0.29) is 40.4 Å². The number of rotatable bonds is 7. The largest absolute Gasteiger partial charge is 0.393 e. The molecule has 39 heavy (non-hydrogen) atoms. The molecule has 6 nitrogen and oxygen atoms in total. The molecular formula is C30H38Cl2FN3O3. The van der Waals surface area contributed by atoms with Crippen LogP contribution >= 0.6 is 23.2 Å². The fraction of sp³-hybridized carbons (Fsp3) is 0.533. The highest BCUT2D eigenvalue weighted by molar-refractivity contribution is 6.31. The van der Waals surface area contributed by atoms with Gasteiger partial charge in [-0.05, 0) is 66.9 Å². The van der Waals surface area contributed by atoms with Gasteiger partial charge in [0.05, 0.1) is 12.1 Å². The Hall–Kier alpha value is -2.19. The first kappa shape index (κ1) is 29.8. The normalized spacial score (nSPS) is 31.0. The van der Waals surface area contributed by atoms with Crippen LogP contribution in [0.4, 0.5) is 10.1 Å². The minimum atomic E-state index is -1.13. The summed E-state index contributed by atoms with van der Waals surface area (Å²) >= 11 is 12.2. The van der Waals surface area contributed by atoms with Crippen LogP contribution in [0.15, 0.2) is 53.6 Å². The van der Waals surface area contributed by atoms with Gasteiger partial charge in [-0.15, -0.1) is 0 Å². The van der Waals surface area contributed by atoms with Gasteiger partial charge in [0.2, 0.25) is 11.8 Å². The zero-order chi connectivity index (χ0) is 28.5. The monoisotopic (exact) mass is 577 g/mol. The fourth-order valence-electron chi connectivity index (χ4n) is 6.41. The van der Waals surface area contributed by atoms with Crippen molar-refractivity contribution >= 4 is 40.7 Å². The van der Waals surface area contributed by atoms with Crippen LogP contribution in [0.25, 0.3) is 0 Å².